The molecule has 1 aromatic carbocycles. The molecule has 2 atom stereocenters. The highest BCUT2D eigenvalue weighted by Gasteiger charge is 2.44. The van der Waals surface area contributed by atoms with Crippen LogP contribution in [0.15, 0.2) is 30.3 Å². The molecule has 0 unspecified atom stereocenters. The topological polar surface area (TPSA) is 82.1 Å². The van der Waals surface area contributed by atoms with Crippen LogP contribution in [0, 0.1) is 11.8 Å². The number of carbonyl (C=O) groups is 3. The molecule has 0 N–H and O–H groups in total. The summed E-state index contributed by atoms with van der Waals surface area (Å²) >= 11 is 0. The van der Waals surface area contributed by atoms with Gasteiger partial charge in [0.05, 0.1) is 13.2 Å². The first-order valence-corrected chi connectivity index (χ1v) is 9.80. The summed E-state index contributed by atoms with van der Waals surface area (Å²) in [6.45, 7) is 6.22. The minimum absolute atomic E-state index is 0.176. The van der Waals surface area contributed by atoms with Crippen molar-refractivity contribution < 1.29 is 28.6 Å². The van der Waals surface area contributed by atoms with Crippen molar-refractivity contribution in [2.75, 3.05) is 19.8 Å². The molecule has 7 heteroatoms. The van der Waals surface area contributed by atoms with Crippen molar-refractivity contribution in [3.05, 3.63) is 35.9 Å². The Hall–Kier alpha value is -2.57. The highest BCUT2D eigenvalue weighted by atomic mass is 16.6. The van der Waals surface area contributed by atoms with E-state index in [0.717, 1.165) is 12.0 Å². The van der Waals surface area contributed by atoms with Crippen molar-refractivity contribution in [1.82, 2.24) is 4.90 Å². The fourth-order valence-electron chi connectivity index (χ4n) is 3.58. The number of amides is 1. The van der Waals surface area contributed by atoms with Gasteiger partial charge in [0, 0.05) is 18.5 Å². The lowest BCUT2D eigenvalue weighted by molar-refractivity contribution is -0.165. The van der Waals surface area contributed by atoms with Gasteiger partial charge in [0.1, 0.15) is 6.61 Å². The van der Waals surface area contributed by atoms with E-state index in [9.17, 15) is 14.4 Å². The molecule has 2 rings (SSSR count). The summed E-state index contributed by atoms with van der Waals surface area (Å²) < 4.78 is 15.6. The van der Waals surface area contributed by atoms with Crippen molar-refractivity contribution in [3.63, 3.8) is 0 Å². The van der Waals surface area contributed by atoms with E-state index in [0.29, 0.717) is 13.0 Å². The quantitative estimate of drug-likeness (QED) is 0.385. The molecule has 0 radical (unpaired) electrons. The maximum Gasteiger partial charge on any atom is 0.410 e. The third-order valence-corrected chi connectivity index (χ3v) is 4.95. The fourth-order valence-corrected chi connectivity index (χ4v) is 3.58. The van der Waals surface area contributed by atoms with Gasteiger partial charge >= 0.3 is 18.0 Å². The van der Waals surface area contributed by atoms with Crippen LogP contribution in [0.5, 0.6) is 0 Å². The number of likely N-dealkylation sites (tertiary alicyclic amines) is 1. The third-order valence-electron chi connectivity index (χ3n) is 4.95. The summed E-state index contributed by atoms with van der Waals surface area (Å²) in [6, 6.07) is 9.14. The first-order chi connectivity index (χ1) is 13.5. The zero-order valence-corrected chi connectivity index (χ0v) is 16.8. The van der Waals surface area contributed by atoms with E-state index in [2.05, 4.69) is 0 Å². The molecule has 0 spiro atoms. The Morgan fingerprint density at radius 1 is 1.04 bits per heavy atom. The second-order valence-corrected chi connectivity index (χ2v) is 6.78. The van der Waals surface area contributed by atoms with Gasteiger partial charge in [-0.25, -0.2) is 4.79 Å². The standard InChI is InChI=1S/C21H29NO6/c1-4-26-19(23)18(20(24)27-5-2)15(3)17-12-9-13-22(17)21(25)28-14-16-10-7-6-8-11-16/h6-8,10-11,15,17-18H,4-5,9,12-14H2,1-3H3/t15-,17+/m1/s1. The second-order valence-electron chi connectivity index (χ2n) is 6.78. The van der Waals surface area contributed by atoms with E-state index in [1.54, 1.807) is 25.7 Å². The van der Waals surface area contributed by atoms with Gasteiger partial charge in [-0.3, -0.25) is 9.59 Å². The largest absolute Gasteiger partial charge is 0.465 e. The summed E-state index contributed by atoms with van der Waals surface area (Å²) in [7, 11) is 0. The smallest absolute Gasteiger partial charge is 0.410 e. The fraction of sp³-hybridized carbons (Fsp3) is 0.571. The van der Waals surface area contributed by atoms with Crippen molar-refractivity contribution >= 4 is 18.0 Å². The van der Waals surface area contributed by atoms with Crippen LogP contribution < -0.4 is 0 Å². The molecule has 7 nitrogen and oxygen atoms in total. The Balaban J connectivity index is 2.07. The molecule has 0 saturated carbocycles. The molecular formula is C21H29NO6. The van der Waals surface area contributed by atoms with E-state index < -0.39 is 29.9 Å². The Bertz CT molecular complexity index is 644. The summed E-state index contributed by atoms with van der Waals surface area (Å²) in [5.74, 6) is -2.73. The molecule has 0 aromatic heterocycles. The average Bonchev–Trinajstić information content (AvgIpc) is 3.17. The average molecular weight is 391 g/mol. The molecule has 1 saturated heterocycles. The van der Waals surface area contributed by atoms with Crippen LogP contribution in [0.4, 0.5) is 4.79 Å². The van der Waals surface area contributed by atoms with Gasteiger partial charge in [0.15, 0.2) is 5.92 Å². The molecule has 0 bridgehead atoms. The molecular weight excluding hydrogens is 362 g/mol. The van der Waals surface area contributed by atoms with E-state index in [-0.39, 0.29) is 25.9 Å². The van der Waals surface area contributed by atoms with Crippen LogP contribution in [-0.4, -0.2) is 48.7 Å². The number of hydrogen-bond donors (Lipinski definition) is 0. The maximum atomic E-state index is 12.6. The van der Waals surface area contributed by atoms with Crippen LogP contribution in [0.2, 0.25) is 0 Å². The maximum absolute atomic E-state index is 12.6. The predicted octanol–water partition coefficient (Wildman–Crippen LogP) is 3.17. The SMILES string of the molecule is CCOC(=O)C(C(=O)OCC)[C@H](C)[C@@H]1CCCN1C(=O)OCc1ccccc1. The second kappa shape index (κ2) is 10.7. The van der Waals surface area contributed by atoms with Gasteiger partial charge < -0.3 is 19.1 Å². The Kier molecular flexibility index (Phi) is 8.29. The van der Waals surface area contributed by atoms with Crippen LogP contribution in [0.3, 0.4) is 0 Å². The number of esters is 2. The van der Waals surface area contributed by atoms with Gasteiger partial charge in [0.25, 0.3) is 0 Å². The van der Waals surface area contributed by atoms with E-state index in [1.165, 1.54) is 0 Å². The van der Waals surface area contributed by atoms with Gasteiger partial charge in [-0.2, -0.15) is 0 Å². The molecule has 154 valence electrons. The monoisotopic (exact) mass is 391 g/mol. The van der Waals surface area contributed by atoms with E-state index in [1.807, 2.05) is 30.3 Å². The van der Waals surface area contributed by atoms with Gasteiger partial charge in [-0.1, -0.05) is 37.3 Å². The molecule has 1 aliphatic heterocycles. The van der Waals surface area contributed by atoms with Crippen LogP contribution in [0.1, 0.15) is 39.2 Å². The summed E-state index contributed by atoms with van der Waals surface area (Å²) in [5.41, 5.74) is 0.899. The summed E-state index contributed by atoms with van der Waals surface area (Å²) in [6.07, 6.45) is 1.04. The van der Waals surface area contributed by atoms with Gasteiger partial charge in [-0.05, 0) is 32.3 Å². The zero-order valence-electron chi connectivity index (χ0n) is 16.8. The van der Waals surface area contributed by atoms with Crippen LogP contribution in [0.25, 0.3) is 0 Å². The molecule has 1 aliphatic rings. The minimum Gasteiger partial charge on any atom is -0.465 e. The predicted molar refractivity (Wildman–Crippen MR) is 102 cm³/mol. The van der Waals surface area contributed by atoms with E-state index in [4.69, 9.17) is 14.2 Å². The highest BCUT2D eigenvalue weighted by Crippen LogP contribution is 2.31. The van der Waals surface area contributed by atoms with Crippen LogP contribution >= 0.6 is 0 Å². The molecule has 0 aliphatic carbocycles. The lowest BCUT2D eigenvalue weighted by atomic mass is 9.86. The van der Waals surface area contributed by atoms with Crippen molar-refractivity contribution in [2.24, 2.45) is 11.8 Å². The Labute approximate surface area is 165 Å². The first-order valence-electron chi connectivity index (χ1n) is 9.80. The Morgan fingerprint density at radius 3 is 2.21 bits per heavy atom. The number of ether oxygens (including phenoxy) is 3. The van der Waals surface area contributed by atoms with Crippen molar-refractivity contribution in [2.45, 2.75) is 46.3 Å². The normalized spacial score (nSPS) is 17.3. The number of hydrogen-bond acceptors (Lipinski definition) is 6. The van der Waals surface area contributed by atoms with Crippen molar-refractivity contribution in [3.8, 4) is 0 Å². The summed E-state index contributed by atoms with van der Waals surface area (Å²) in [4.78, 5) is 39.0. The van der Waals surface area contributed by atoms with Crippen LogP contribution in [-0.2, 0) is 30.4 Å². The molecule has 28 heavy (non-hydrogen) atoms. The first kappa shape index (κ1) is 21.7. The van der Waals surface area contributed by atoms with E-state index >= 15 is 0 Å². The van der Waals surface area contributed by atoms with Crippen molar-refractivity contribution in [1.29, 1.82) is 0 Å². The molecule has 1 amide bonds. The third kappa shape index (κ3) is 5.47. The Morgan fingerprint density at radius 2 is 1.64 bits per heavy atom. The lowest BCUT2D eigenvalue weighted by Gasteiger charge is -2.32. The van der Waals surface area contributed by atoms with Gasteiger partial charge in [-0.15, -0.1) is 0 Å². The number of benzene rings is 1. The zero-order chi connectivity index (χ0) is 20.5. The number of nitrogens with zero attached hydrogens (tertiary/aromatic N) is 1. The molecule has 1 aromatic rings. The lowest BCUT2D eigenvalue weighted by Crippen LogP contribution is -2.46. The highest BCUT2D eigenvalue weighted by molar-refractivity contribution is 5.95. The number of carbonyl (C=O) groups excluding carboxylic acids is 3. The van der Waals surface area contributed by atoms with Gasteiger partial charge in [0.2, 0.25) is 0 Å². The minimum atomic E-state index is -1.06. The summed E-state index contributed by atoms with van der Waals surface area (Å²) in [5, 5.41) is 0. The molecule has 1 heterocycles. The molecule has 1 fully saturated rings. The number of rotatable bonds is 8.